The molecule has 0 aromatic carbocycles. The second-order valence-electron chi connectivity index (χ2n) is 6.45. The van der Waals surface area contributed by atoms with E-state index >= 15 is 0 Å². The van der Waals surface area contributed by atoms with Gasteiger partial charge in [0.05, 0.1) is 6.61 Å². The van der Waals surface area contributed by atoms with Crippen LogP contribution in [0.25, 0.3) is 0 Å². The third kappa shape index (κ3) is 9.46. The molecule has 0 aliphatic rings. The molecule has 0 rings (SSSR count). The molecule has 0 amide bonds. The Labute approximate surface area is 114 Å². The fraction of sp³-hybridized carbons (Fsp3) is 0.800. The molecule has 3 heteroatoms. The maximum atomic E-state index is 11.2. The SMILES string of the molecule is C=C(C)C(=O)OCCCCC(CC)C[Si](C)(C)C. The van der Waals surface area contributed by atoms with Crippen LogP contribution in [0.2, 0.25) is 25.7 Å². The Hall–Kier alpha value is -0.573. The van der Waals surface area contributed by atoms with E-state index in [2.05, 4.69) is 33.1 Å². The molecule has 0 saturated carbocycles. The van der Waals surface area contributed by atoms with Gasteiger partial charge in [-0.05, 0) is 25.7 Å². The van der Waals surface area contributed by atoms with Crippen LogP contribution < -0.4 is 0 Å². The summed E-state index contributed by atoms with van der Waals surface area (Å²) in [6.07, 6.45) is 4.68. The van der Waals surface area contributed by atoms with Crippen molar-refractivity contribution in [3.63, 3.8) is 0 Å². The van der Waals surface area contributed by atoms with Crippen molar-refractivity contribution in [1.29, 1.82) is 0 Å². The largest absolute Gasteiger partial charge is 0.462 e. The van der Waals surface area contributed by atoms with Gasteiger partial charge < -0.3 is 4.74 Å². The average Bonchev–Trinajstić information content (AvgIpc) is 2.24. The third-order valence-corrected chi connectivity index (χ3v) is 4.87. The van der Waals surface area contributed by atoms with E-state index in [4.69, 9.17) is 4.74 Å². The lowest BCUT2D eigenvalue weighted by Gasteiger charge is -2.23. The highest BCUT2D eigenvalue weighted by atomic mass is 28.3. The van der Waals surface area contributed by atoms with Crippen LogP contribution in [0.3, 0.4) is 0 Å². The van der Waals surface area contributed by atoms with Crippen molar-refractivity contribution in [2.45, 2.75) is 65.2 Å². The summed E-state index contributed by atoms with van der Waals surface area (Å²) in [6.45, 7) is 15.4. The minimum absolute atomic E-state index is 0.260. The highest BCUT2D eigenvalue weighted by molar-refractivity contribution is 6.76. The lowest BCUT2D eigenvalue weighted by molar-refractivity contribution is -0.139. The fourth-order valence-corrected chi connectivity index (χ4v) is 4.36. The summed E-state index contributed by atoms with van der Waals surface area (Å²) in [5, 5.41) is 0. The minimum atomic E-state index is -0.940. The van der Waals surface area contributed by atoms with Crippen molar-refractivity contribution < 1.29 is 9.53 Å². The van der Waals surface area contributed by atoms with Crippen LogP contribution in [0, 0.1) is 5.92 Å². The quantitative estimate of drug-likeness (QED) is 0.264. The van der Waals surface area contributed by atoms with Crippen LogP contribution in [0.4, 0.5) is 0 Å². The van der Waals surface area contributed by atoms with Gasteiger partial charge in [-0.1, -0.05) is 52.0 Å². The molecule has 0 spiro atoms. The van der Waals surface area contributed by atoms with Crippen LogP contribution in [0.1, 0.15) is 39.5 Å². The summed E-state index contributed by atoms with van der Waals surface area (Å²) in [6, 6.07) is 1.41. The number of ether oxygens (including phenoxy) is 1. The second-order valence-corrected chi connectivity index (χ2v) is 12.0. The normalized spacial score (nSPS) is 13.2. The molecule has 18 heavy (non-hydrogen) atoms. The third-order valence-electron chi connectivity index (χ3n) is 3.07. The molecule has 0 heterocycles. The van der Waals surface area contributed by atoms with Gasteiger partial charge in [-0.3, -0.25) is 0 Å². The lowest BCUT2D eigenvalue weighted by Crippen LogP contribution is -2.23. The summed E-state index contributed by atoms with van der Waals surface area (Å²) in [5.41, 5.74) is 0.486. The summed E-state index contributed by atoms with van der Waals surface area (Å²) >= 11 is 0. The molecular weight excluding hydrogens is 240 g/mol. The summed E-state index contributed by atoms with van der Waals surface area (Å²) in [7, 11) is -0.940. The molecule has 0 fully saturated rings. The average molecular weight is 270 g/mol. The first kappa shape index (κ1) is 17.4. The zero-order chi connectivity index (χ0) is 14.2. The van der Waals surface area contributed by atoms with E-state index in [9.17, 15) is 4.79 Å². The first-order valence-electron chi connectivity index (χ1n) is 7.09. The van der Waals surface area contributed by atoms with Gasteiger partial charge in [0.2, 0.25) is 0 Å². The van der Waals surface area contributed by atoms with Gasteiger partial charge in [0.15, 0.2) is 0 Å². The van der Waals surface area contributed by atoms with Gasteiger partial charge in [0.25, 0.3) is 0 Å². The van der Waals surface area contributed by atoms with E-state index in [-0.39, 0.29) is 5.97 Å². The lowest BCUT2D eigenvalue weighted by atomic mass is 10.0. The smallest absolute Gasteiger partial charge is 0.333 e. The summed E-state index contributed by atoms with van der Waals surface area (Å²) < 4.78 is 5.09. The number of carbonyl (C=O) groups is 1. The molecular formula is C15H30O2Si. The fourth-order valence-electron chi connectivity index (χ4n) is 2.14. The zero-order valence-corrected chi connectivity index (χ0v) is 13.8. The Bertz CT molecular complexity index is 266. The predicted octanol–water partition coefficient (Wildman–Crippen LogP) is 4.64. The first-order chi connectivity index (χ1) is 8.26. The molecule has 1 unspecified atom stereocenters. The van der Waals surface area contributed by atoms with Crippen molar-refractivity contribution in [3.05, 3.63) is 12.2 Å². The van der Waals surface area contributed by atoms with E-state index < -0.39 is 8.07 Å². The second kappa shape index (κ2) is 8.52. The van der Waals surface area contributed by atoms with Crippen LogP contribution in [0.5, 0.6) is 0 Å². The molecule has 0 saturated heterocycles. The number of carbonyl (C=O) groups excluding carboxylic acids is 1. The molecule has 2 nitrogen and oxygen atoms in total. The molecule has 0 aromatic rings. The van der Waals surface area contributed by atoms with Crippen molar-refractivity contribution in [2.75, 3.05) is 6.61 Å². The highest BCUT2D eigenvalue weighted by Gasteiger charge is 2.18. The number of hydrogen-bond acceptors (Lipinski definition) is 2. The van der Waals surface area contributed by atoms with E-state index in [0.717, 1.165) is 18.8 Å². The molecule has 0 aromatic heterocycles. The molecule has 0 aliphatic heterocycles. The Morgan fingerprint density at radius 3 is 2.33 bits per heavy atom. The monoisotopic (exact) mass is 270 g/mol. The van der Waals surface area contributed by atoms with E-state index in [1.165, 1.54) is 18.9 Å². The molecule has 0 N–H and O–H groups in total. The molecule has 0 radical (unpaired) electrons. The zero-order valence-electron chi connectivity index (χ0n) is 12.8. The Balaban J connectivity index is 3.69. The van der Waals surface area contributed by atoms with Crippen molar-refractivity contribution >= 4 is 14.0 Å². The van der Waals surface area contributed by atoms with Gasteiger partial charge in [-0.15, -0.1) is 0 Å². The number of rotatable bonds is 9. The summed E-state index contributed by atoms with van der Waals surface area (Å²) in [4.78, 5) is 11.2. The Morgan fingerprint density at radius 1 is 1.28 bits per heavy atom. The van der Waals surface area contributed by atoms with Crippen molar-refractivity contribution in [3.8, 4) is 0 Å². The molecule has 0 bridgehead atoms. The van der Waals surface area contributed by atoms with Gasteiger partial charge in [0, 0.05) is 13.6 Å². The highest BCUT2D eigenvalue weighted by Crippen LogP contribution is 2.24. The van der Waals surface area contributed by atoms with Gasteiger partial charge in [-0.25, -0.2) is 4.79 Å². The van der Waals surface area contributed by atoms with E-state index in [1.807, 2.05) is 0 Å². The van der Waals surface area contributed by atoms with Crippen molar-refractivity contribution in [1.82, 2.24) is 0 Å². The Morgan fingerprint density at radius 2 is 1.89 bits per heavy atom. The van der Waals surface area contributed by atoms with Crippen molar-refractivity contribution in [2.24, 2.45) is 5.92 Å². The first-order valence-corrected chi connectivity index (χ1v) is 10.8. The molecule has 0 aliphatic carbocycles. The number of unbranched alkanes of at least 4 members (excludes halogenated alkanes) is 1. The van der Waals surface area contributed by atoms with Gasteiger partial charge in [-0.2, -0.15) is 0 Å². The van der Waals surface area contributed by atoms with Crippen LogP contribution in [0.15, 0.2) is 12.2 Å². The van der Waals surface area contributed by atoms with E-state index in [1.54, 1.807) is 6.92 Å². The minimum Gasteiger partial charge on any atom is -0.462 e. The van der Waals surface area contributed by atoms with E-state index in [0.29, 0.717) is 12.2 Å². The topological polar surface area (TPSA) is 26.3 Å². The van der Waals surface area contributed by atoms with Crippen LogP contribution >= 0.6 is 0 Å². The maximum Gasteiger partial charge on any atom is 0.333 e. The number of hydrogen-bond donors (Lipinski definition) is 0. The van der Waals surface area contributed by atoms with Crippen LogP contribution in [-0.4, -0.2) is 20.7 Å². The summed E-state index contributed by atoms with van der Waals surface area (Å²) in [5.74, 6) is 0.595. The maximum absolute atomic E-state index is 11.2. The Kier molecular flexibility index (Phi) is 8.24. The standard InChI is InChI=1S/C15H30O2Si/c1-7-14(12-18(4,5)6)10-8-9-11-17-15(16)13(2)3/h14H,2,7-12H2,1,3-6H3. The number of esters is 1. The molecule has 1 atom stereocenters. The van der Waals surface area contributed by atoms with Gasteiger partial charge in [0.1, 0.15) is 0 Å². The molecule has 106 valence electrons. The predicted molar refractivity (Wildman–Crippen MR) is 81.6 cm³/mol. The van der Waals surface area contributed by atoms with Gasteiger partial charge >= 0.3 is 5.97 Å². The van der Waals surface area contributed by atoms with Crippen LogP contribution in [-0.2, 0) is 9.53 Å².